The normalized spacial score (nSPS) is 10.3. The number of benzene rings is 3. The van der Waals surface area contributed by atoms with Gasteiger partial charge in [-0.05, 0) is 30.2 Å². The first-order valence-corrected chi connectivity index (χ1v) is 8.87. The van der Waals surface area contributed by atoms with Crippen LogP contribution < -0.4 is 4.74 Å². The number of hydrogen-bond acceptors (Lipinski definition) is 2. The highest BCUT2D eigenvalue weighted by atomic mass is 16.5. The summed E-state index contributed by atoms with van der Waals surface area (Å²) in [5.74, 6) is 0.605. The number of nitrogens with zero attached hydrogens (tertiary/aromatic N) is 1. The smallest absolute Gasteiger partial charge is 0.258 e. The number of hydrogen-bond donors (Lipinski definition) is 0. The molecule has 0 unspecified atom stereocenters. The third-order valence-electron chi connectivity index (χ3n) is 4.14. The molecule has 132 valence electrons. The maximum Gasteiger partial charge on any atom is 0.258 e. The van der Waals surface area contributed by atoms with E-state index < -0.39 is 0 Å². The van der Waals surface area contributed by atoms with Crippen LogP contribution in [0.1, 0.15) is 28.4 Å². The molecule has 3 aromatic rings. The van der Waals surface area contributed by atoms with Crippen molar-refractivity contribution in [2.45, 2.75) is 20.0 Å². The molecule has 0 saturated heterocycles. The minimum Gasteiger partial charge on any atom is -0.493 e. The first-order chi connectivity index (χ1) is 12.8. The van der Waals surface area contributed by atoms with Gasteiger partial charge in [-0.1, -0.05) is 72.8 Å². The van der Waals surface area contributed by atoms with E-state index in [1.807, 2.05) is 96.8 Å². The Kier molecular flexibility index (Phi) is 6.05. The first-order valence-electron chi connectivity index (χ1n) is 8.87. The van der Waals surface area contributed by atoms with Gasteiger partial charge in [-0.3, -0.25) is 4.79 Å². The Bertz CT molecular complexity index is 790. The molecule has 0 N–H and O–H groups in total. The molecule has 0 aromatic heterocycles. The third-order valence-corrected chi connectivity index (χ3v) is 4.14. The van der Waals surface area contributed by atoms with Gasteiger partial charge in [0.15, 0.2) is 0 Å². The van der Waals surface area contributed by atoms with Crippen molar-refractivity contribution in [2.24, 2.45) is 0 Å². The fourth-order valence-corrected chi connectivity index (χ4v) is 2.90. The zero-order valence-electron chi connectivity index (χ0n) is 15.0. The number of para-hydroxylation sites is 1. The van der Waals surface area contributed by atoms with Crippen LogP contribution in [0.25, 0.3) is 0 Å². The minimum absolute atomic E-state index is 0.0262. The average Bonchev–Trinajstić information content (AvgIpc) is 2.69. The average molecular weight is 345 g/mol. The maximum absolute atomic E-state index is 13.3. The van der Waals surface area contributed by atoms with Crippen LogP contribution in [0.2, 0.25) is 0 Å². The van der Waals surface area contributed by atoms with Crippen molar-refractivity contribution in [2.75, 3.05) is 6.61 Å². The van der Waals surface area contributed by atoms with Gasteiger partial charge in [-0.2, -0.15) is 0 Å². The van der Waals surface area contributed by atoms with E-state index in [-0.39, 0.29) is 5.91 Å². The van der Waals surface area contributed by atoms with Crippen LogP contribution in [-0.2, 0) is 13.1 Å². The second-order valence-electron chi connectivity index (χ2n) is 6.06. The van der Waals surface area contributed by atoms with Gasteiger partial charge in [0.05, 0.1) is 12.2 Å². The van der Waals surface area contributed by atoms with Crippen molar-refractivity contribution in [3.63, 3.8) is 0 Å². The van der Waals surface area contributed by atoms with Gasteiger partial charge in [0.1, 0.15) is 5.75 Å². The lowest BCUT2D eigenvalue weighted by atomic mass is 10.1. The second kappa shape index (κ2) is 8.86. The summed E-state index contributed by atoms with van der Waals surface area (Å²) in [5.41, 5.74) is 2.80. The molecule has 3 nitrogen and oxygen atoms in total. The molecule has 0 atom stereocenters. The second-order valence-corrected chi connectivity index (χ2v) is 6.06. The molecule has 0 saturated carbocycles. The maximum atomic E-state index is 13.3. The molecule has 0 radical (unpaired) electrons. The van der Waals surface area contributed by atoms with Crippen molar-refractivity contribution in [3.05, 3.63) is 102 Å². The highest BCUT2D eigenvalue weighted by Crippen LogP contribution is 2.22. The van der Waals surface area contributed by atoms with Crippen molar-refractivity contribution >= 4 is 5.91 Å². The van der Waals surface area contributed by atoms with E-state index in [2.05, 4.69) is 0 Å². The topological polar surface area (TPSA) is 29.5 Å². The molecule has 0 aliphatic heterocycles. The quantitative estimate of drug-likeness (QED) is 0.608. The Labute approximate surface area is 154 Å². The van der Waals surface area contributed by atoms with E-state index in [0.29, 0.717) is 31.0 Å². The molecule has 0 spiro atoms. The molecule has 3 heteroatoms. The molecule has 0 bridgehead atoms. The summed E-state index contributed by atoms with van der Waals surface area (Å²) >= 11 is 0. The predicted octanol–water partition coefficient (Wildman–Crippen LogP) is 4.93. The lowest BCUT2D eigenvalue weighted by molar-refractivity contribution is 0.0726. The summed E-state index contributed by atoms with van der Waals surface area (Å²) in [6.45, 7) is 3.55. The van der Waals surface area contributed by atoms with Crippen LogP contribution in [0.5, 0.6) is 5.75 Å². The number of ether oxygens (including phenoxy) is 1. The van der Waals surface area contributed by atoms with Gasteiger partial charge in [-0.25, -0.2) is 0 Å². The molecule has 1 amide bonds. The summed E-state index contributed by atoms with van der Waals surface area (Å²) < 4.78 is 5.66. The van der Waals surface area contributed by atoms with E-state index in [1.165, 1.54) is 0 Å². The monoisotopic (exact) mass is 345 g/mol. The van der Waals surface area contributed by atoms with Gasteiger partial charge in [0.2, 0.25) is 0 Å². The van der Waals surface area contributed by atoms with Crippen LogP contribution in [0, 0.1) is 0 Å². The molecule has 0 fully saturated rings. The number of carbonyl (C=O) groups is 1. The van der Waals surface area contributed by atoms with Crippen LogP contribution in [0.15, 0.2) is 84.9 Å². The summed E-state index contributed by atoms with van der Waals surface area (Å²) in [4.78, 5) is 15.2. The Morgan fingerprint density at radius 2 is 1.27 bits per heavy atom. The molecule has 3 aromatic carbocycles. The van der Waals surface area contributed by atoms with Gasteiger partial charge >= 0.3 is 0 Å². The van der Waals surface area contributed by atoms with Crippen LogP contribution in [-0.4, -0.2) is 17.4 Å². The highest BCUT2D eigenvalue weighted by Gasteiger charge is 2.20. The van der Waals surface area contributed by atoms with Gasteiger partial charge in [0, 0.05) is 13.1 Å². The fraction of sp³-hybridized carbons (Fsp3) is 0.174. The van der Waals surface area contributed by atoms with Crippen LogP contribution in [0.3, 0.4) is 0 Å². The summed E-state index contributed by atoms with van der Waals surface area (Å²) in [5, 5.41) is 0. The molecule has 0 aliphatic rings. The lowest BCUT2D eigenvalue weighted by Crippen LogP contribution is -2.30. The van der Waals surface area contributed by atoms with Crippen LogP contribution >= 0.6 is 0 Å². The molecule has 0 heterocycles. The fourth-order valence-electron chi connectivity index (χ4n) is 2.90. The van der Waals surface area contributed by atoms with Crippen molar-refractivity contribution in [1.29, 1.82) is 0 Å². The Morgan fingerprint density at radius 3 is 1.81 bits per heavy atom. The first kappa shape index (κ1) is 17.7. The SMILES string of the molecule is CCOc1ccccc1C(=O)N(Cc1ccccc1)Cc1ccccc1. The van der Waals surface area contributed by atoms with E-state index in [9.17, 15) is 4.79 Å². The Balaban J connectivity index is 1.90. The van der Waals surface area contributed by atoms with Crippen molar-refractivity contribution < 1.29 is 9.53 Å². The predicted molar refractivity (Wildman–Crippen MR) is 104 cm³/mol. The van der Waals surface area contributed by atoms with Gasteiger partial charge in [-0.15, -0.1) is 0 Å². The molecule has 0 aliphatic carbocycles. The van der Waals surface area contributed by atoms with E-state index in [1.54, 1.807) is 0 Å². The molecular weight excluding hydrogens is 322 g/mol. The van der Waals surface area contributed by atoms with E-state index >= 15 is 0 Å². The van der Waals surface area contributed by atoms with E-state index in [4.69, 9.17) is 4.74 Å². The van der Waals surface area contributed by atoms with Crippen molar-refractivity contribution in [3.8, 4) is 5.75 Å². The number of carbonyl (C=O) groups excluding carboxylic acids is 1. The Hall–Kier alpha value is -3.07. The zero-order valence-corrected chi connectivity index (χ0v) is 15.0. The van der Waals surface area contributed by atoms with E-state index in [0.717, 1.165) is 11.1 Å². The summed E-state index contributed by atoms with van der Waals surface area (Å²) in [7, 11) is 0. The molecule has 3 rings (SSSR count). The standard InChI is InChI=1S/C23H23NO2/c1-2-26-22-16-10-9-15-21(22)23(25)24(17-19-11-5-3-6-12-19)18-20-13-7-4-8-14-20/h3-16H,2,17-18H2,1H3. The molecule has 26 heavy (non-hydrogen) atoms. The van der Waals surface area contributed by atoms with Crippen molar-refractivity contribution in [1.82, 2.24) is 4.90 Å². The Morgan fingerprint density at radius 1 is 0.769 bits per heavy atom. The number of amides is 1. The minimum atomic E-state index is -0.0262. The third kappa shape index (κ3) is 4.51. The molecular formula is C23H23NO2. The largest absolute Gasteiger partial charge is 0.493 e. The lowest BCUT2D eigenvalue weighted by Gasteiger charge is -2.24. The summed E-state index contributed by atoms with van der Waals surface area (Å²) in [6.07, 6.45) is 0. The zero-order chi connectivity index (χ0) is 18.2. The van der Waals surface area contributed by atoms with Crippen LogP contribution in [0.4, 0.5) is 0 Å². The summed E-state index contributed by atoms with van der Waals surface area (Å²) in [6, 6.07) is 27.6. The van der Waals surface area contributed by atoms with Gasteiger partial charge in [0.25, 0.3) is 5.91 Å². The number of rotatable bonds is 7. The van der Waals surface area contributed by atoms with Gasteiger partial charge < -0.3 is 9.64 Å². The highest BCUT2D eigenvalue weighted by molar-refractivity contribution is 5.96.